The first-order valence-corrected chi connectivity index (χ1v) is 6.64. The number of carboxylic acids is 1. The van der Waals surface area contributed by atoms with Gasteiger partial charge in [-0.1, -0.05) is 0 Å². The molecule has 2 fully saturated rings. The predicted molar refractivity (Wildman–Crippen MR) is 58.2 cm³/mol. The zero-order valence-corrected chi connectivity index (χ0v) is 10.4. The van der Waals surface area contributed by atoms with Crippen molar-refractivity contribution < 1.29 is 32.3 Å². The Labute approximate surface area is 110 Å². The molecule has 9 heteroatoms. The summed E-state index contributed by atoms with van der Waals surface area (Å²) in [5, 5.41) is 8.18. The summed E-state index contributed by atoms with van der Waals surface area (Å²) >= 11 is 1.06. The van der Waals surface area contributed by atoms with Crippen LogP contribution in [-0.2, 0) is 9.59 Å². The lowest BCUT2D eigenvalue weighted by atomic mass is 10.2. The second-order valence-corrected chi connectivity index (χ2v) is 5.70. The van der Waals surface area contributed by atoms with Gasteiger partial charge in [0.2, 0.25) is 0 Å². The Morgan fingerprint density at radius 3 is 2.32 bits per heavy atom. The molecule has 1 heterocycles. The molecular weight excluding hydrogens is 290 g/mol. The molecule has 19 heavy (non-hydrogen) atoms. The molecule has 1 amide bonds. The smallest absolute Gasteiger partial charge is 0.383 e. The van der Waals surface area contributed by atoms with Crippen molar-refractivity contribution in [2.45, 2.75) is 36.6 Å². The summed E-state index contributed by atoms with van der Waals surface area (Å²) in [6.45, 7) is 0. The zero-order valence-electron chi connectivity index (χ0n) is 9.56. The maximum atomic E-state index is 13.1. The van der Waals surface area contributed by atoms with Crippen LogP contribution in [-0.4, -0.2) is 51.4 Å². The summed E-state index contributed by atoms with van der Waals surface area (Å²) < 4.78 is 50.8. The fourth-order valence-electron chi connectivity index (χ4n) is 1.99. The van der Waals surface area contributed by atoms with Crippen LogP contribution >= 0.6 is 11.8 Å². The van der Waals surface area contributed by atoms with E-state index in [2.05, 4.69) is 0 Å². The van der Waals surface area contributed by atoms with Gasteiger partial charge in [-0.2, -0.15) is 8.78 Å². The molecule has 0 aromatic heterocycles. The number of carbonyl (C=O) groups excluding carboxylic acids is 1. The zero-order chi connectivity index (χ0) is 14.4. The first kappa shape index (κ1) is 14.4. The molecule has 0 bridgehead atoms. The van der Waals surface area contributed by atoms with Crippen LogP contribution < -0.4 is 0 Å². The molecule has 1 aliphatic carbocycles. The van der Waals surface area contributed by atoms with Crippen molar-refractivity contribution in [2.75, 3.05) is 5.75 Å². The van der Waals surface area contributed by atoms with Crippen LogP contribution in [0.5, 0.6) is 0 Å². The molecule has 0 aromatic carbocycles. The van der Waals surface area contributed by atoms with Crippen molar-refractivity contribution in [3.8, 4) is 0 Å². The molecule has 4 nitrogen and oxygen atoms in total. The Kier molecular flexibility index (Phi) is 3.67. The summed E-state index contributed by atoms with van der Waals surface area (Å²) in [5.74, 6) is -8.51. The number of carbonyl (C=O) groups is 2. The quantitative estimate of drug-likeness (QED) is 0.802. The van der Waals surface area contributed by atoms with Gasteiger partial charge in [-0.25, -0.2) is 13.6 Å². The number of halogens is 4. The molecular formula is C10H11F4NO3S. The van der Waals surface area contributed by atoms with Gasteiger partial charge in [0.25, 0.3) is 0 Å². The summed E-state index contributed by atoms with van der Waals surface area (Å²) in [5.41, 5.74) is 0. The number of hydrogen-bond donors (Lipinski definition) is 1. The molecule has 0 radical (unpaired) electrons. The third-order valence-electron chi connectivity index (χ3n) is 3.14. The number of alkyl halides is 4. The second kappa shape index (κ2) is 4.84. The van der Waals surface area contributed by atoms with E-state index >= 15 is 0 Å². The van der Waals surface area contributed by atoms with E-state index in [1.54, 1.807) is 0 Å². The largest absolute Gasteiger partial charge is 0.480 e. The van der Waals surface area contributed by atoms with Gasteiger partial charge in [-0.3, -0.25) is 4.79 Å². The molecule has 2 aliphatic rings. The molecule has 2 atom stereocenters. The lowest BCUT2D eigenvalue weighted by Crippen LogP contribution is -2.54. The highest BCUT2D eigenvalue weighted by molar-refractivity contribution is 8.00. The number of amides is 1. The van der Waals surface area contributed by atoms with E-state index in [4.69, 9.17) is 5.11 Å². The standard InChI is InChI=1S/C10H11F4NO3S/c11-8(12)10(13,14)9(18)15-5(7(16)17)3-19-6(15)4-1-2-4/h4-6,8H,1-3H2,(H,16,17). The molecule has 1 saturated heterocycles. The number of hydrogen-bond acceptors (Lipinski definition) is 3. The van der Waals surface area contributed by atoms with Gasteiger partial charge in [0.05, 0.1) is 5.37 Å². The Hall–Kier alpha value is -0.990. The number of nitrogens with zero attached hydrogens (tertiary/aromatic N) is 1. The average molecular weight is 301 g/mol. The van der Waals surface area contributed by atoms with Crippen molar-refractivity contribution in [1.82, 2.24) is 4.90 Å². The highest BCUT2D eigenvalue weighted by Crippen LogP contribution is 2.46. The van der Waals surface area contributed by atoms with Gasteiger partial charge in [-0.05, 0) is 18.8 Å². The van der Waals surface area contributed by atoms with E-state index in [1.807, 2.05) is 0 Å². The van der Waals surface area contributed by atoms with Crippen LogP contribution in [0.15, 0.2) is 0 Å². The number of rotatable bonds is 4. The van der Waals surface area contributed by atoms with Gasteiger partial charge in [0.15, 0.2) is 0 Å². The number of carboxylic acid groups (broad SMARTS) is 1. The van der Waals surface area contributed by atoms with Crippen molar-refractivity contribution >= 4 is 23.6 Å². The molecule has 0 aromatic rings. The summed E-state index contributed by atoms with van der Waals surface area (Å²) in [6.07, 6.45) is -2.76. The Morgan fingerprint density at radius 1 is 1.32 bits per heavy atom. The Balaban J connectivity index is 2.25. The van der Waals surface area contributed by atoms with Gasteiger partial charge in [0.1, 0.15) is 6.04 Å². The van der Waals surface area contributed by atoms with Crippen LogP contribution in [0.4, 0.5) is 17.6 Å². The van der Waals surface area contributed by atoms with Crippen LogP contribution in [0.1, 0.15) is 12.8 Å². The highest BCUT2D eigenvalue weighted by Gasteiger charge is 2.58. The van der Waals surface area contributed by atoms with Crippen LogP contribution in [0.25, 0.3) is 0 Å². The normalized spacial score (nSPS) is 27.9. The molecule has 1 aliphatic heterocycles. The molecule has 1 saturated carbocycles. The fraction of sp³-hybridized carbons (Fsp3) is 0.800. The molecule has 0 spiro atoms. The molecule has 1 N–H and O–H groups in total. The highest BCUT2D eigenvalue weighted by atomic mass is 32.2. The third-order valence-corrected chi connectivity index (χ3v) is 4.60. The minimum absolute atomic E-state index is 0.0540. The monoisotopic (exact) mass is 301 g/mol. The Morgan fingerprint density at radius 2 is 1.89 bits per heavy atom. The first-order valence-electron chi connectivity index (χ1n) is 5.60. The van der Waals surface area contributed by atoms with Crippen molar-refractivity contribution in [3.05, 3.63) is 0 Å². The maximum Gasteiger partial charge on any atom is 0.383 e. The first-order chi connectivity index (χ1) is 8.76. The van der Waals surface area contributed by atoms with E-state index in [9.17, 15) is 27.2 Å². The van der Waals surface area contributed by atoms with Crippen molar-refractivity contribution in [3.63, 3.8) is 0 Å². The number of aliphatic carboxylic acids is 1. The van der Waals surface area contributed by atoms with E-state index in [0.29, 0.717) is 17.7 Å². The minimum atomic E-state index is -4.84. The lowest BCUT2D eigenvalue weighted by molar-refractivity contribution is -0.185. The van der Waals surface area contributed by atoms with Crippen molar-refractivity contribution in [2.24, 2.45) is 5.92 Å². The third kappa shape index (κ3) is 2.52. The summed E-state index contributed by atoms with van der Waals surface area (Å²) in [6, 6.07) is -1.47. The number of thioether (sulfide) groups is 1. The van der Waals surface area contributed by atoms with Gasteiger partial charge in [0, 0.05) is 5.75 Å². The topological polar surface area (TPSA) is 57.6 Å². The van der Waals surface area contributed by atoms with Gasteiger partial charge >= 0.3 is 24.2 Å². The van der Waals surface area contributed by atoms with Gasteiger partial charge < -0.3 is 10.0 Å². The summed E-state index contributed by atoms with van der Waals surface area (Å²) in [4.78, 5) is 23.0. The second-order valence-electron chi connectivity index (χ2n) is 4.55. The molecule has 2 unspecified atom stereocenters. The van der Waals surface area contributed by atoms with E-state index in [-0.39, 0.29) is 11.7 Å². The van der Waals surface area contributed by atoms with Gasteiger partial charge in [-0.15, -0.1) is 11.8 Å². The lowest BCUT2D eigenvalue weighted by Gasteiger charge is -2.30. The van der Waals surface area contributed by atoms with E-state index in [1.165, 1.54) is 0 Å². The minimum Gasteiger partial charge on any atom is -0.480 e. The van der Waals surface area contributed by atoms with Crippen LogP contribution in [0, 0.1) is 5.92 Å². The van der Waals surface area contributed by atoms with E-state index < -0.39 is 35.6 Å². The maximum absolute atomic E-state index is 13.1. The van der Waals surface area contributed by atoms with Crippen molar-refractivity contribution in [1.29, 1.82) is 0 Å². The predicted octanol–water partition coefficient (Wildman–Crippen LogP) is 1.65. The average Bonchev–Trinajstić information content (AvgIpc) is 3.06. The molecule has 108 valence electrons. The van der Waals surface area contributed by atoms with E-state index in [0.717, 1.165) is 11.8 Å². The van der Waals surface area contributed by atoms with Crippen LogP contribution in [0.2, 0.25) is 0 Å². The SMILES string of the molecule is O=C(O)C1CSC(C2CC2)N1C(=O)C(F)(F)C(F)F. The van der Waals surface area contributed by atoms with Crippen LogP contribution in [0.3, 0.4) is 0 Å². The summed E-state index contributed by atoms with van der Waals surface area (Å²) in [7, 11) is 0. The Bertz CT molecular complexity index is 402. The molecule has 2 rings (SSSR count). The fourth-order valence-corrected chi connectivity index (χ4v) is 3.62.